The van der Waals surface area contributed by atoms with E-state index in [-0.39, 0.29) is 6.04 Å². The van der Waals surface area contributed by atoms with Crippen molar-refractivity contribution in [3.8, 4) is 44.5 Å². The molecular weight excluding hydrogens is 681 g/mol. The average Bonchev–Trinajstić information content (AvgIpc) is 3.63. The highest BCUT2D eigenvalue weighted by molar-refractivity contribution is 6.07. The van der Waals surface area contributed by atoms with Crippen LogP contribution in [0.1, 0.15) is 6.92 Å². The third-order valence-corrected chi connectivity index (χ3v) is 11.1. The third-order valence-electron chi connectivity index (χ3n) is 11.1. The van der Waals surface area contributed by atoms with E-state index in [1.165, 1.54) is 33.0 Å². The van der Waals surface area contributed by atoms with E-state index in [2.05, 4.69) is 206 Å². The summed E-state index contributed by atoms with van der Waals surface area (Å²) in [6.07, 6.45) is 8.76. The predicted octanol–water partition coefficient (Wildman–Crippen LogP) is 14.7. The van der Waals surface area contributed by atoms with Gasteiger partial charge in [-0.3, -0.25) is 0 Å². The summed E-state index contributed by atoms with van der Waals surface area (Å²) in [7, 11) is 0. The van der Waals surface area contributed by atoms with Crippen LogP contribution in [0.15, 0.2) is 205 Å². The lowest BCUT2D eigenvalue weighted by Gasteiger charge is -2.24. The summed E-state index contributed by atoms with van der Waals surface area (Å²) < 4.78 is 6.27. The van der Waals surface area contributed by atoms with Gasteiger partial charge in [0.1, 0.15) is 11.2 Å². The van der Waals surface area contributed by atoms with Crippen LogP contribution in [0.2, 0.25) is 0 Å². The molecule has 1 aromatic heterocycles. The first kappa shape index (κ1) is 33.5. The number of benzene rings is 8. The summed E-state index contributed by atoms with van der Waals surface area (Å²) in [6, 6.07) is 63.1. The van der Waals surface area contributed by atoms with Gasteiger partial charge in [-0.15, -0.1) is 0 Å². The molecule has 2 atom stereocenters. The molecule has 0 bridgehead atoms. The van der Waals surface area contributed by atoms with Gasteiger partial charge in [-0.05, 0) is 93.2 Å². The number of anilines is 3. The third kappa shape index (κ3) is 6.33. The number of hydrogen-bond acceptors (Lipinski definition) is 3. The van der Waals surface area contributed by atoms with Crippen molar-refractivity contribution in [1.29, 1.82) is 0 Å². The molecule has 3 nitrogen and oxygen atoms in total. The van der Waals surface area contributed by atoms with Crippen molar-refractivity contribution >= 4 is 49.8 Å². The minimum atomic E-state index is 0.260. The lowest BCUT2D eigenvalue weighted by Crippen LogP contribution is -2.25. The molecule has 2 unspecified atom stereocenters. The first-order valence-electron chi connectivity index (χ1n) is 19.4. The van der Waals surface area contributed by atoms with Crippen LogP contribution in [0.25, 0.3) is 77.2 Å². The Kier molecular flexibility index (Phi) is 8.53. The molecule has 268 valence electrons. The van der Waals surface area contributed by atoms with Crippen molar-refractivity contribution in [3.05, 3.63) is 200 Å². The van der Waals surface area contributed by atoms with Gasteiger partial charge in [-0.2, -0.15) is 0 Å². The molecule has 0 saturated carbocycles. The molecule has 8 aromatic carbocycles. The topological polar surface area (TPSA) is 37.2 Å². The van der Waals surface area contributed by atoms with Crippen molar-refractivity contribution in [3.63, 3.8) is 0 Å². The van der Waals surface area contributed by atoms with Crippen molar-refractivity contribution in [1.82, 2.24) is 0 Å². The molecular formula is C53H40N2O. The fourth-order valence-corrected chi connectivity index (χ4v) is 8.12. The number of nitrogens with one attached hydrogen (secondary N) is 2. The van der Waals surface area contributed by atoms with Crippen molar-refractivity contribution in [2.24, 2.45) is 5.92 Å². The second kappa shape index (κ2) is 14.3. The Balaban J connectivity index is 0.951. The Morgan fingerprint density at radius 3 is 1.91 bits per heavy atom. The molecule has 0 saturated heterocycles. The van der Waals surface area contributed by atoms with Gasteiger partial charge in [0.2, 0.25) is 0 Å². The maximum atomic E-state index is 6.27. The van der Waals surface area contributed by atoms with Gasteiger partial charge in [-0.25, -0.2) is 0 Å². The number of fused-ring (bicyclic) bond motifs is 4. The summed E-state index contributed by atoms with van der Waals surface area (Å²) in [5.74, 6) is 0.424. The van der Waals surface area contributed by atoms with Crippen LogP contribution in [0.3, 0.4) is 0 Å². The molecule has 0 radical (unpaired) electrons. The number of furan rings is 1. The highest BCUT2D eigenvalue weighted by atomic mass is 16.3. The summed E-state index contributed by atoms with van der Waals surface area (Å²) in [5, 5.41) is 12.3. The average molecular weight is 721 g/mol. The highest BCUT2D eigenvalue weighted by Gasteiger charge is 2.17. The zero-order chi connectivity index (χ0) is 37.4. The molecule has 2 N–H and O–H groups in total. The van der Waals surface area contributed by atoms with Crippen LogP contribution in [0, 0.1) is 5.92 Å². The Labute approximate surface area is 327 Å². The van der Waals surface area contributed by atoms with Crippen LogP contribution in [-0.4, -0.2) is 6.04 Å². The van der Waals surface area contributed by atoms with E-state index in [0.29, 0.717) is 5.92 Å². The minimum absolute atomic E-state index is 0.260. The molecule has 0 fully saturated rings. The molecule has 1 aliphatic carbocycles. The van der Waals surface area contributed by atoms with E-state index < -0.39 is 0 Å². The molecule has 10 rings (SSSR count). The zero-order valence-electron chi connectivity index (χ0n) is 31.1. The lowest BCUT2D eigenvalue weighted by molar-refractivity contribution is 0.660. The van der Waals surface area contributed by atoms with Gasteiger partial charge in [0.15, 0.2) is 0 Å². The smallest absolute Gasteiger partial charge is 0.136 e. The van der Waals surface area contributed by atoms with Crippen LogP contribution >= 0.6 is 0 Å². The lowest BCUT2D eigenvalue weighted by atomic mass is 9.94. The molecule has 0 aliphatic heterocycles. The summed E-state index contributed by atoms with van der Waals surface area (Å²) in [6.45, 7) is 2.25. The van der Waals surface area contributed by atoms with Gasteiger partial charge in [0.25, 0.3) is 0 Å². The summed E-state index contributed by atoms with van der Waals surface area (Å²) in [4.78, 5) is 0. The number of rotatable bonds is 8. The quantitative estimate of drug-likeness (QED) is 0.164. The number of para-hydroxylation sites is 3. The van der Waals surface area contributed by atoms with Crippen LogP contribution in [0.5, 0.6) is 0 Å². The molecule has 0 spiro atoms. The molecule has 3 heteroatoms. The fourth-order valence-electron chi connectivity index (χ4n) is 8.12. The monoisotopic (exact) mass is 720 g/mol. The van der Waals surface area contributed by atoms with E-state index in [9.17, 15) is 0 Å². The fraction of sp³-hybridized carbons (Fsp3) is 0.0566. The van der Waals surface area contributed by atoms with E-state index in [0.717, 1.165) is 61.3 Å². The standard InChI is InChI=1S/C53H40N2O/c1-35-13-2-8-21-48(35)54-50-23-10-6-18-44(50)41-16-12-15-38(31-41)36-25-27-37(28-26-36)43-17-5-9-22-49(43)55-51-33-42(32-40-14-3-4-19-45(40)51)39-29-30-47-46-20-7-11-24-52(46)56-53(47)34-39/h2-35,48,54-55H,1H3. The van der Waals surface area contributed by atoms with Crippen molar-refractivity contribution in [2.45, 2.75) is 13.0 Å². The highest BCUT2D eigenvalue weighted by Crippen LogP contribution is 2.39. The zero-order valence-corrected chi connectivity index (χ0v) is 31.1. The maximum absolute atomic E-state index is 6.27. The second-order valence-electron chi connectivity index (χ2n) is 14.7. The van der Waals surface area contributed by atoms with Crippen molar-refractivity contribution < 1.29 is 4.42 Å². The van der Waals surface area contributed by atoms with Crippen LogP contribution < -0.4 is 10.6 Å². The van der Waals surface area contributed by atoms with E-state index in [1.54, 1.807) is 0 Å². The Morgan fingerprint density at radius 1 is 0.411 bits per heavy atom. The van der Waals surface area contributed by atoms with E-state index in [1.807, 2.05) is 12.1 Å². The van der Waals surface area contributed by atoms with Gasteiger partial charge in [-0.1, -0.05) is 159 Å². The van der Waals surface area contributed by atoms with Gasteiger partial charge in [0.05, 0.1) is 6.04 Å². The van der Waals surface area contributed by atoms with Gasteiger partial charge < -0.3 is 15.1 Å². The number of hydrogen-bond donors (Lipinski definition) is 2. The van der Waals surface area contributed by atoms with Gasteiger partial charge in [0, 0.05) is 44.3 Å². The molecule has 9 aromatic rings. The Morgan fingerprint density at radius 2 is 1.05 bits per heavy atom. The van der Waals surface area contributed by atoms with Crippen molar-refractivity contribution in [2.75, 3.05) is 10.6 Å². The maximum Gasteiger partial charge on any atom is 0.136 e. The first-order chi connectivity index (χ1) is 27.6. The van der Waals surface area contributed by atoms with E-state index >= 15 is 0 Å². The molecule has 0 amide bonds. The Bertz CT molecular complexity index is 2950. The second-order valence-corrected chi connectivity index (χ2v) is 14.7. The summed E-state index contributed by atoms with van der Waals surface area (Å²) >= 11 is 0. The van der Waals surface area contributed by atoms with Gasteiger partial charge >= 0.3 is 0 Å². The van der Waals surface area contributed by atoms with Crippen LogP contribution in [-0.2, 0) is 0 Å². The summed E-state index contributed by atoms with van der Waals surface area (Å²) in [5.41, 5.74) is 14.4. The normalized spacial score (nSPS) is 15.1. The first-order valence-corrected chi connectivity index (χ1v) is 19.4. The molecule has 56 heavy (non-hydrogen) atoms. The SMILES string of the molecule is CC1C=CC=CC1Nc1ccccc1-c1cccc(-c2ccc(-c3ccccc3Nc3cc(-c4ccc5c(c4)oc4ccccc45)cc4ccccc34)cc2)c1. The number of allylic oxidation sites excluding steroid dienone is 2. The predicted molar refractivity (Wildman–Crippen MR) is 238 cm³/mol. The molecule has 1 heterocycles. The Hall–Kier alpha value is -7.10. The van der Waals surface area contributed by atoms with E-state index in [4.69, 9.17) is 4.42 Å². The minimum Gasteiger partial charge on any atom is -0.456 e. The largest absolute Gasteiger partial charge is 0.456 e. The molecule has 1 aliphatic rings. The van der Waals surface area contributed by atoms with Crippen LogP contribution in [0.4, 0.5) is 17.1 Å².